The highest BCUT2D eigenvalue weighted by molar-refractivity contribution is 5.65. The van der Waals surface area contributed by atoms with E-state index in [1.165, 1.54) is 46.2 Å². The molecule has 4 rings (SSSR count). The predicted octanol–water partition coefficient (Wildman–Crippen LogP) is 8.43. The molecular weight excluding hydrogens is 336 g/mol. The molecule has 3 aromatic rings. The Hall–Kier alpha value is -2.34. The topological polar surface area (TPSA) is 0 Å². The summed E-state index contributed by atoms with van der Waals surface area (Å²) in [6.45, 7) is 12.5. The van der Waals surface area contributed by atoms with Crippen molar-refractivity contribution >= 4 is 0 Å². The lowest BCUT2D eigenvalue weighted by atomic mass is 9.74. The van der Waals surface area contributed by atoms with E-state index in [0.29, 0.717) is 5.92 Å². The first-order valence-corrected chi connectivity index (χ1v) is 11.0. The van der Waals surface area contributed by atoms with E-state index in [0.717, 1.165) is 5.92 Å². The molecule has 0 nitrogen and oxygen atoms in total. The zero-order valence-corrected chi connectivity index (χ0v) is 18.5. The second-order valence-electron chi connectivity index (χ2n) is 7.29. The third-order valence-corrected chi connectivity index (χ3v) is 5.31. The monoisotopic (exact) mass is 372 g/mol. The fourth-order valence-corrected chi connectivity index (χ4v) is 4.04. The molecule has 0 saturated carbocycles. The highest BCUT2D eigenvalue weighted by atomic mass is 14.3. The van der Waals surface area contributed by atoms with Gasteiger partial charge >= 0.3 is 0 Å². The van der Waals surface area contributed by atoms with Crippen molar-refractivity contribution in [1.29, 1.82) is 0 Å². The van der Waals surface area contributed by atoms with Gasteiger partial charge in [0.25, 0.3) is 0 Å². The molecular formula is C28H36. The van der Waals surface area contributed by atoms with Gasteiger partial charge in [-0.2, -0.15) is 0 Å². The zero-order chi connectivity index (χ0) is 20.5. The summed E-state index contributed by atoms with van der Waals surface area (Å²) < 4.78 is 0. The molecule has 0 heteroatoms. The zero-order valence-electron chi connectivity index (χ0n) is 18.5. The molecule has 0 fully saturated rings. The molecule has 0 radical (unpaired) electrons. The van der Waals surface area contributed by atoms with Crippen LogP contribution in [0.15, 0.2) is 72.8 Å². The Balaban J connectivity index is 0.000000660. The van der Waals surface area contributed by atoms with E-state index in [9.17, 15) is 0 Å². The highest BCUT2D eigenvalue weighted by Crippen LogP contribution is 2.40. The van der Waals surface area contributed by atoms with Crippen molar-refractivity contribution in [3.63, 3.8) is 0 Å². The molecule has 0 N–H and O–H groups in total. The lowest BCUT2D eigenvalue weighted by Gasteiger charge is -2.30. The van der Waals surface area contributed by atoms with Crippen molar-refractivity contribution in [3.8, 4) is 11.1 Å². The Bertz CT molecular complexity index is 842. The Morgan fingerprint density at radius 2 is 1.39 bits per heavy atom. The standard InChI is InChI=1S/C24H24.2C2H6/c1-17-10-12-19(13-11-17)20-7-5-8-22(16-20)24-15-18(2)14-21-6-3-4-9-23(21)24;2*1-2/h3-13,16,18,24H,14-15H2,1-2H3;2*1-2H3/t18-,24+;;/m0../s1. The summed E-state index contributed by atoms with van der Waals surface area (Å²) in [5, 5.41) is 0. The Kier molecular flexibility index (Phi) is 8.51. The van der Waals surface area contributed by atoms with Crippen molar-refractivity contribution < 1.29 is 0 Å². The SMILES string of the molecule is CC.CC.Cc1ccc(-c2cccc([C@H]3C[C@@H](C)Cc4ccccc43)c2)cc1. The summed E-state index contributed by atoms with van der Waals surface area (Å²) in [6, 6.07) is 27.0. The van der Waals surface area contributed by atoms with Crippen molar-refractivity contribution in [2.45, 2.75) is 60.3 Å². The van der Waals surface area contributed by atoms with Crippen LogP contribution < -0.4 is 0 Å². The molecule has 0 bridgehead atoms. The molecule has 0 saturated heterocycles. The van der Waals surface area contributed by atoms with Crippen LogP contribution in [0.2, 0.25) is 0 Å². The fraction of sp³-hybridized carbons (Fsp3) is 0.357. The Labute approximate surface area is 172 Å². The predicted molar refractivity (Wildman–Crippen MR) is 125 cm³/mol. The molecule has 3 aromatic carbocycles. The first kappa shape index (κ1) is 22.0. The quantitative estimate of drug-likeness (QED) is 0.423. The van der Waals surface area contributed by atoms with E-state index in [-0.39, 0.29) is 0 Å². The summed E-state index contributed by atoms with van der Waals surface area (Å²) in [5.41, 5.74) is 8.44. The molecule has 0 aliphatic heterocycles. The maximum absolute atomic E-state index is 2.39. The van der Waals surface area contributed by atoms with Gasteiger partial charge in [-0.05, 0) is 53.5 Å². The lowest BCUT2D eigenvalue weighted by Crippen LogP contribution is -2.17. The molecule has 0 unspecified atom stereocenters. The number of fused-ring (bicyclic) bond motifs is 1. The number of hydrogen-bond donors (Lipinski definition) is 0. The minimum absolute atomic E-state index is 0.523. The van der Waals surface area contributed by atoms with Gasteiger partial charge in [0.05, 0.1) is 0 Å². The van der Waals surface area contributed by atoms with Gasteiger partial charge in [-0.1, -0.05) is 113 Å². The largest absolute Gasteiger partial charge is 0.0683 e. The Morgan fingerprint density at radius 3 is 2.11 bits per heavy atom. The summed E-state index contributed by atoms with van der Waals surface area (Å²) in [7, 11) is 0. The van der Waals surface area contributed by atoms with Crippen molar-refractivity contribution in [1.82, 2.24) is 0 Å². The number of aryl methyl sites for hydroxylation is 1. The molecule has 28 heavy (non-hydrogen) atoms. The van der Waals surface area contributed by atoms with Gasteiger partial charge in [-0.3, -0.25) is 0 Å². The summed E-state index contributed by atoms with van der Waals surface area (Å²) in [4.78, 5) is 0. The maximum Gasteiger partial charge on any atom is 0.00949 e. The van der Waals surface area contributed by atoms with E-state index in [4.69, 9.17) is 0 Å². The summed E-state index contributed by atoms with van der Waals surface area (Å²) in [6.07, 6.45) is 2.46. The summed E-state index contributed by atoms with van der Waals surface area (Å²) >= 11 is 0. The van der Waals surface area contributed by atoms with Crippen LogP contribution in [0.25, 0.3) is 11.1 Å². The highest BCUT2D eigenvalue weighted by Gasteiger charge is 2.25. The smallest absolute Gasteiger partial charge is 0.00949 e. The van der Waals surface area contributed by atoms with Crippen LogP contribution in [0.1, 0.15) is 69.2 Å². The second-order valence-corrected chi connectivity index (χ2v) is 7.29. The van der Waals surface area contributed by atoms with Crippen LogP contribution in [0.4, 0.5) is 0 Å². The van der Waals surface area contributed by atoms with Crippen LogP contribution in [-0.2, 0) is 6.42 Å². The van der Waals surface area contributed by atoms with E-state index in [2.05, 4.69) is 86.6 Å². The Morgan fingerprint density at radius 1 is 0.714 bits per heavy atom. The van der Waals surface area contributed by atoms with Crippen LogP contribution in [0, 0.1) is 12.8 Å². The van der Waals surface area contributed by atoms with Crippen molar-refractivity contribution in [3.05, 3.63) is 95.1 Å². The molecule has 0 amide bonds. The van der Waals surface area contributed by atoms with Crippen LogP contribution in [0.5, 0.6) is 0 Å². The average molecular weight is 373 g/mol. The van der Waals surface area contributed by atoms with Gasteiger partial charge in [0.2, 0.25) is 0 Å². The minimum atomic E-state index is 0.523. The van der Waals surface area contributed by atoms with Gasteiger partial charge in [0.1, 0.15) is 0 Å². The molecule has 1 aliphatic carbocycles. The van der Waals surface area contributed by atoms with E-state index in [1.54, 1.807) is 0 Å². The van der Waals surface area contributed by atoms with Crippen LogP contribution in [-0.4, -0.2) is 0 Å². The number of rotatable bonds is 2. The van der Waals surface area contributed by atoms with Gasteiger partial charge in [-0.15, -0.1) is 0 Å². The molecule has 148 valence electrons. The molecule has 0 spiro atoms. The third kappa shape index (κ3) is 5.13. The first-order chi connectivity index (χ1) is 13.7. The third-order valence-electron chi connectivity index (χ3n) is 5.31. The summed E-state index contributed by atoms with van der Waals surface area (Å²) in [5.74, 6) is 1.27. The molecule has 0 heterocycles. The van der Waals surface area contributed by atoms with Crippen LogP contribution in [0.3, 0.4) is 0 Å². The number of benzene rings is 3. The minimum Gasteiger partial charge on any atom is -0.0683 e. The normalized spacial score (nSPS) is 17.4. The van der Waals surface area contributed by atoms with E-state index >= 15 is 0 Å². The second kappa shape index (κ2) is 10.9. The number of hydrogen-bond acceptors (Lipinski definition) is 0. The fourth-order valence-electron chi connectivity index (χ4n) is 4.04. The average Bonchev–Trinajstić information content (AvgIpc) is 2.76. The molecule has 1 aliphatic rings. The van der Waals surface area contributed by atoms with Crippen molar-refractivity contribution in [2.75, 3.05) is 0 Å². The van der Waals surface area contributed by atoms with E-state index < -0.39 is 0 Å². The van der Waals surface area contributed by atoms with Gasteiger partial charge in [0.15, 0.2) is 0 Å². The van der Waals surface area contributed by atoms with Gasteiger partial charge < -0.3 is 0 Å². The molecule has 2 atom stereocenters. The first-order valence-electron chi connectivity index (χ1n) is 11.0. The molecule has 0 aromatic heterocycles. The van der Waals surface area contributed by atoms with Crippen LogP contribution >= 0.6 is 0 Å². The van der Waals surface area contributed by atoms with Gasteiger partial charge in [-0.25, -0.2) is 0 Å². The van der Waals surface area contributed by atoms with Gasteiger partial charge in [0, 0.05) is 5.92 Å². The van der Waals surface area contributed by atoms with Crippen molar-refractivity contribution in [2.24, 2.45) is 5.92 Å². The lowest BCUT2D eigenvalue weighted by molar-refractivity contribution is 0.464. The maximum atomic E-state index is 2.39. The van der Waals surface area contributed by atoms with E-state index in [1.807, 2.05) is 27.7 Å².